The van der Waals surface area contributed by atoms with Crippen LogP contribution >= 0.6 is 15.9 Å². The molecule has 0 spiro atoms. The maximum atomic E-state index is 13.1. The predicted molar refractivity (Wildman–Crippen MR) is 67.3 cm³/mol. The second-order valence-corrected chi connectivity index (χ2v) is 4.22. The van der Waals surface area contributed by atoms with Crippen LogP contribution < -0.4 is 5.43 Å². The van der Waals surface area contributed by atoms with Gasteiger partial charge in [-0.3, -0.25) is 5.43 Å². The van der Waals surface area contributed by atoms with E-state index in [2.05, 4.69) is 26.5 Å². The summed E-state index contributed by atoms with van der Waals surface area (Å²) in [6.07, 6.45) is 3.09. The third kappa shape index (κ3) is 3.90. The van der Waals surface area contributed by atoms with Crippen LogP contribution in [0.25, 0.3) is 0 Å². The molecule has 1 aromatic rings. The number of benzene rings is 1. The summed E-state index contributed by atoms with van der Waals surface area (Å²) < 4.78 is 13.5. The van der Waals surface area contributed by atoms with Crippen LogP contribution in [0.15, 0.2) is 21.7 Å². The van der Waals surface area contributed by atoms with E-state index in [1.807, 2.05) is 0 Å². The van der Waals surface area contributed by atoms with Crippen LogP contribution in [0.4, 0.5) is 10.1 Å². The molecule has 0 atom stereocenters. The van der Waals surface area contributed by atoms with E-state index in [4.69, 9.17) is 5.11 Å². The number of unbranched alkanes of at least 4 members (excludes halogenated alkanes) is 1. The topological polar surface area (TPSA) is 44.6 Å². The molecule has 0 aliphatic rings. The number of hydrazone groups is 1. The molecule has 0 fully saturated rings. The van der Waals surface area contributed by atoms with Crippen LogP contribution in [0.1, 0.15) is 18.4 Å². The third-order valence-corrected chi connectivity index (χ3v) is 2.64. The Bertz CT molecular complexity index is 382. The predicted octanol–water partition coefficient (Wildman–Crippen LogP) is 3.07. The Morgan fingerprint density at radius 3 is 3.00 bits per heavy atom. The first kappa shape index (κ1) is 13.1. The van der Waals surface area contributed by atoms with E-state index in [0.29, 0.717) is 17.3 Å². The Labute approximate surface area is 102 Å². The highest BCUT2D eigenvalue weighted by molar-refractivity contribution is 9.10. The van der Waals surface area contributed by atoms with Gasteiger partial charge in [-0.2, -0.15) is 5.10 Å². The number of hydrogen-bond acceptors (Lipinski definition) is 3. The van der Waals surface area contributed by atoms with Crippen molar-refractivity contribution >= 4 is 27.8 Å². The van der Waals surface area contributed by atoms with Crippen LogP contribution in [0.2, 0.25) is 0 Å². The van der Waals surface area contributed by atoms with Gasteiger partial charge in [0.2, 0.25) is 0 Å². The molecule has 88 valence electrons. The number of halogens is 2. The number of rotatable bonds is 5. The van der Waals surface area contributed by atoms with Gasteiger partial charge < -0.3 is 5.11 Å². The SMILES string of the molecule is Cc1cc(F)c(Br)cc1N/N=C/CCCO. The standard InChI is InChI=1S/C11H14BrFN2O/c1-8-6-10(13)9(12)7-11(8)15-14-4-2-3-5-16/h4,6-7,15-16H,2-3,5H2,1H3/b14-4+. The lowest BCUT2D eigenvalue weighted by Gasteiger charge is -2.06. The number of nitrogens with one attached hydrogen (secondary N) is 1. The van der Waals surface area contributed by atoms with Gasteiger partial charge in [0.05, 0.1) is 10.2 Å². The Hall–Kier alpha value is -0.940. The fraction of sp³-hybridized carbons (Fsp3) is 0.364. The van der Waals surface area contributed by atoms with E-state index in [1.54, 1.807) is 19.2 Å². The van der Waals surface area contributed by atoms with E-state index in [0.717, 1.165) is 11.3 Å². The molecule has 0 unspecified atom stereocenters. The summed E-state index contributed by atoms with van der Waals surface area (Å²) in [7, 11) is 0. The molecule has 0 saturated heterocycles. The van der Waals surface area contributed by atoms with Gasteiger partial charge in [0, 0.05) is 12.8 Å². The molecule has 0 aliphatic heterocycles. The number of anilines is 1. The quantitative estimate of drug-likeness (QED) is 0.497. The molecule has 0 aliphatic carbocycles. The van der Waals surface area contributed by atoms with Gasteiger partial charge >= 0.3 is 0 Å². The highest BCUT2D eigenvalue weighted by atomic mass is 79.9. The highest BCUT2D eigenvalue weighted by Gasteiger charge is 2.03. The molecule has 0 bridgehead atoms. The van der Waals surface area contributed by atoms with Crippen molar-refractivity contribution in [3.8, 4) is 0 Å². The van der Waals surface area contributed by atoms with Gasteiger partial charge in [-0.1, -0.05) is 0 Å². The number of aliphatic hydroxyl groups excluding tert-OH is 1. The van der Waals surface area contributed by atoms with E-state index < -0.39 is 0 Å². The molecule has 0 radical (unpaired) electrons. The maximum Gasteiger partial charge on any atom is 0.137 e. The van der Waals surface area contributed by atoms with E-state index >= 15 is 0 Å². The first-order chi connectivity index (χ1) is 7.65. The summed E-state index contributed by atoms with van der Waals surface area (Å²) >= 11 is 3.11. The van der Waals surface area contributed by atoms with Gasteiger partial charge in [0.15, 0.2) is 0 Å². The molecule has 1 aromatic carbocycles. The van der Waals surface area contributed by atoms with E-state index in [9.17, 15) is 4.39 Å². The largest absolute Gasteiger partial charge is 0.396 e. The molecule has 0 aromatic heterocycles. The fourth-order valence-electron chi connectivity index (χ4n) is 1.13. The van der Waals surface area contributed by atoms with Crippen LogP contribution in [0.3, 0.4) is 0 Å². The summed E-state index contributed by atoms with van der Waals surface area (Å²) in [6, 6.07) is 3.09. The first-order valence-electron chi connectivity index (χ1n) is 4.99. The number of nitrogens with zero attached hydrogens (tertiary/aromatic N) is 1. The molecule has 0 saturated carbocycles. The Morgan fingerprint density at radius 2 is 2.31 bits per heavy atom. The summed E-state index contributed by atoms with van der Waals surface area (Å²) in [5, 5.41) is 12.5. The van der Waals surface area contributed by atoms with Crippen molar-refractivity contribution in [2.45, 2.75) is 19.8 Å². The second kappa shape index (κ2) is 6.60. The normalized spacial score (nSPS) is 11.0. The molecule has 1 rings (SSSR count). The maximum absolute atomic E-state index is 13.1. The number of aliphatic hydroxyl groups is 1. The van der Waals surface area contributed by atoms with Crippen LogP contribution in [-0.2, 0) is 0 Å². The van der Waals surface area contributed by atoms with Crippen molar-refractivity contribution in [2.75, 3.05) is 12.0 Å². The van der Waals surface area contributed by atoms with Crippen LogP contribution in [-0.4, -0.2) is 17.9 Å². The molecule has 16 heavy (non-hydrogen) atoms. The average Bonchev–Trinajstić information content (AvgIpc) is 2.25. The zero-order valence-corrected chi connectivity index (χ0v) is 10.6. The van der Waals surface area contributed by atoms with Gasteiger partial charge in [0.1, 0.15) is 5.82 Å². The van der Waals surface area contributed by atoms with Crippen molar-refractivity contribution in [1.29, 1.82) is 0 Å². The minimum atomic E-state index is -0.285. The summed E-state index contributed by atoms with van der Waals surface area (Å²) in [4.78, 5) is 0. The molecule has 0 amide bonds. The Balaban J connectivity index is 2.60. The van der Waals surface area contributed by atoms with Crippen LogP contribution in [0.5, 0.6) is 0 Å². The Morgan fingerprint density at radius 1 is 1.56 bits per heavy atom. The second-order valence-electron chi connectivity index (χ2n) is 3.37. The minimum absolute atomic E-state index is 0.160. The highest BCUT2D eigenvalue weighted by Crippen LogP contribution is 2.24. The van der Waals surface area contributed by atoms with E-state index in [1.165, 1.54) is 6.07 Å². The minimum Gasteiger partial charge on any atom is -0.396 e. The zero-order chi connectivity index (χ0) is 12.0. The van der Waals surface area contributed by atoms with E-state index in [-0.39, 0.29) is 12.4 Å². The van der Waals surface area contributed by atoms with Gasteiger partial charge in [-0.25, -0.2) is 4.39 Å². The molecule has 2 N–H and O–H groups in total. The van der Waals surface area contributed by atoms with Crippen molar-refractivity contribution in [3.05, 3.63) is 28.0 Å². The van der Waals surface area contributed by atoms with Gasteiger partial charge in [-0.05, 0) is 53.4 Å². The summed E-state index contributed by atoms with van der Waals surface area (Å²) in [5.74, 6) is -0.285. The molecule has 5 heteroatoms. The fourth-order valence-corrected chi connectivity index (χ4v) is 1.47. The molecular formula is C11H14BrFN2O. The summed E-state index contributed by atoms with van der Waals surface area (Å²) in [6.45, 7) is 1.97. The lowest BCUT2D eigenvalue weighted by Crippen LogP contribution is -1.94. The summed E-state index contributed by atoms with van der Waals surface area (Å²) in [5.41, 5.74) is 4.38. The van der Waals surface area contributed by atoms with Gasteiger partial charge in [-0.15, -0.1) is 0 Å². The Kier molecular flexibility index (Phi) is 5.42. The molecular weight excluding hydrogens is 275 g/mol. The van der Waals surface area contributed by atoms with Crippen molar-refractivity contribution in [2.24, 2.45) is 5.10 Å². The van der Waals surface area contributed by atoms with Crippen LogP contribution in [0, 0.1) is 12.7 Å². The number of hydrogen-bond donors (Lipinski definition) is 2. The van der Waals surface area contributed by atoms with Crippen molar-refractivity contribution < 1.29 is 9.50 Å². The van der Waals surface area contributed by atoms with Gasteiger partial charge in [0.25, 0.3) is 0 Å². The van der Waals surface area contributed by atoms with Crippen molar-refractivity contribution in [3.63, 3.8) is 0 Å². The molecule has 3 nitrogen and oxygen atoms in total. The monoisotopic (exact) mass is 288 g/mol. The molecule has 0 heterocycles. The third-order valence-electron chi connectivity index (χ3n) is 2.03. The lowest BCUT2D eigenvalue weighted by atomic mass is 10.2. The smallest absolute Gasteiger partial charge is 0.137 e. The average molecular weight is 289 g/mol. The van der Waals surface area contributed by atoms with Crippen molar-refractivity contribution in [1.82, 2.24) is 0 Å². The zero-order valence-electron chi connectivity index (χ0n) is 9.00. The first-order valence-corrected chi connectivity index (χ1v) is 5.78. The number of aryl methyl sites for hydroxylation is 1. The lowest BCUT2D eigenvalue weighted by molar-refractivity contribution is 0.291.